The summed E-state index contributed by atoms with van der Waals surface area (Å²) in [5, 5.41) is 16.9. The molecule has 0 unspecified atom stereocenters. The molecule has 0 spiro atoms. The standard InChI is InChI=1S/C9H11N3O3/c1-2-3-4-8(13)10-7-5-6(9(14)15)11-12-7/h2,5H,1,3-4H2,(H,14,15)(H2,10,11,12,13). The molecule has 0 saturated heterocycles. The molecule has 0 aliphatic carbocycles. The molecule has 1 rings (SSSR count). The number of anilines is 1. The molecule has 0 fully saturated rings. The van der Waals surface area contributed by atoms with Gasteiger partial charge in [0, 0.05) is 12.5 Å². The average molecular weight is 209 g/mol. The van der Waals surface area contributed by atoms with E-state index in [9.17, 15) is 9.59 Å². The van der Waals surface area contributed by atoms with Crippen LogP contribution in [0.4, 0.5) is 5.82 Å². The lowest BCUT2D eigenvalue weighted by Crippen LogP contribution is -2.10. The molecule has 0 radical (unpaired) electrons. The van der Waals surface area contributed by atoms with Gasteiger partial charge in [0.1, 0.15) is 5.69 Å². The van der Waals surface area contributed by atoms with Crippen LogP contribution in [0.1, 0.15) is 23.3 Å². The number of hydrogen-bond acceptors (Lipinski definition) is 3. The Morgan fingerprint density at radius 2 is 2.40 bits per heavy atom. The summed E-state index contributed by atoms with van der Waals surface area (Å²) >= 11 is 0. The van der Waals surface area contributed by atoms with Crippen LogP contribution in [-0.2, 0) is 4.79 Å². The van der Waals surface area contributed by atoms with Crippen molar-refractivity contribution < 1.29 is 14.7 Å². The molecule has 0 aliphatic rings. The molecule has 0 aliphatic heterocycles. The highest BCUT2D eigenvalue weighted by Gasteiger charge is 2.09. The number of aromatic carboxylic acids is 1. The van der Waals surface area contributed by atoms with Crippen LogP contribution in [0.15, 0.2) is 18.7 Å². The highest BCUT2D eigenvalue weighted by molar-refractivity contribution is 5.92. The van der Waals surface area contributed by atoms with E-state index in [4.69, 9.17) is 5.11 Å². The second kappa shape index (κ2) is 4.94. The number of aromatic amines is 1. The summed E-state index contributed by atoms with van der Waals surface area (Å²) in [6.07, 6.45) is 2.51. The molecule has 0 aromatic carbocycles. The Kier molecular flexibility index (Phi) is 3.61. The number of carbonyl (C=O) groups is 2. The fourth-order valence-electron chi connectivity index (χ4n) is 0.934. The van der Waals surface area contributed by atoms with E-state index in [-0.39, 0.29) is 17.4 Å². The Labute approximate surface area is 86.0 Å². The summed E-state index contributed by atoms with van der Waals surface area (Å²) in [6, 6.07) is 1.26. The van der Waals surface area contributed by atoms with Crippen LogP contribution in [0.5, 0.6) is 0 Å². The van der Waals surface area contributed by atoms with Gasteiger partial charge in [0.2, 0.25) is 5.91 Å². The van der Waals surface area contributed by atoms with E-state index in [0.717, 1.165) is 0 Å². The number of H-pyrrole nitrogens is 1. The number of allylic oxidation sites excluding steroid dienone is 1. The van der Waals surface area contributed by atoms with Crippen LogP contribution in [-0.4, -0.2) is 27.2 Å². The SMILES string of the molecule is C=CCCC(=O)Nc1cc(C(=O)O)[nH]n1. The highest BCUT2D eigenvalue weighted by Crippen LogP contribution is 2.06. The van der Waals surface area contributed by atoms with Gasteiger partial charge in [-0.05, 0) is 6.42 Å². The summed E-state index contributed by atoms with van der Waals surface area (Å²) in [7, 11) is 0. The van der Waals surface area contributed by atoms with Gasteiger partial charge in [-0.15, -0.1) is 6.58 Å². The molecule has 3 N–H and O–H groups in total. The van der Waals surface area contributed by atoms with Gasteiger partial charge in [0.15, 0.2) is 5.82 Å². The van der Waals surface area contributed by atoms with E-state index in [0.29, 0.717) is 12.8 Å². The van der Waals surface area contributed by atoms with Gasteiger partial charge in [-0.25, -0.2) is 4.79 Å². The number of carboxylic acids is 1. The number of hydrogen-bond donors (Lipinski definition) is 3. The van der Waals surface area contributed by atoms with Gasteiger partial charge in [-0.3, -0.25) is 9.89 Å². The van der Waals surface area contributed by atoms with Crippen molar-refractivity contribution in [3.63, 3.8) is 0 Å². The Bertz CT molecular complexity index is 384. The predicted molar refractivity (Wildman–Crippen MR) is 53.6 cm³/mol. The first-order chi connectivity index (χ1) is 7.13. The molecule has 6 heteroatoms. The van der Waals surface area contributed by atoms with E-state index < -0.39 is 5.97 Å². The first-order valence-corrected chi connectivity index (χ1v) is 4.33. The predicted octanol–water partition coefficient (Wildman–Crippen LogP) is 1.01. The lowest BCUT2D eigenvalue weighted by Gasteiger charge is -1.97. The summed E-state index contributed by atoms with van der Waals surface area (Å²) in [6.45, 7) is 3.49. The van der Waals surface area contributed by atoms with E-state index >= 15 is 0 Å². The molecule has 1 aromatic rings. The zero-order valence-electron chi connectivity index (χ0n) is 7.99. The van der Waals surface area contributed by atoms with Gasteiger partial charge in [0.25, 0.3) is 0 Å². The van der Waals surface area contributed by atoms with Gasteiger partial charge in [-0.1, -0.05) is 6.08 Å². The monoisotopic (exact) mass is 209 g/mol. The smallest absolute Gasteiger partial charge is 0.353 e. The van der Waals surface area contributed by atoms with Crippen LogP contribution < -0.4 is 5.32 Å². The maximum Gasteiger partial charge on any atom is 0.353 e. The molecular formula is C9H11N3O3. The van der Waals surface area contributed by atoms with Crippen molar-refractivity contribution in [2.75, 3.05) is 5.32 Å². The minimum Gasteiger partial charge on any atom is -0.477 e. The molecule has 1 heterocycles. The minimum absolute atomic E-state index is 0.0611. The zero-order chi connectivity index (χ0) is 11.3. The van der Waals surface area contributed by atoms with Crippen molar-refractivity contribution >= 4 is 17.7 Å². The maximum atomic E-state index is 11.2. The Morgan fingerprint density at radius 1 is 1.67 bits per heavy atom. The number of nitrogens with one attached hydrogen (secondary N) is 2. The third kappa shape index (κ3) is 3.26. The van der Waals surface area contributed by atoms with Crippen molar-refractivity contribution in [1.29, 1.82) is 0 Å². The molecular weight excluding hydrogens is 198 g/mol. The largest absolute Gasteiger partial charge is 0.477 e. The van der Waals surface area contributed by atoms with Gasteiger partial charge >= 0.3 is 5.97 Å². The number of carboxylic acid groups (broad SMARTS) is 1. The topological polar surface area (TPSA) is 95.1 Å². The fraction of sp³-hybridized carbons (Fsp3) is 0.222. The van der Waals surface area contributed by atoms with E-state index in [2.05, 4.69) is 22.1 Å². The molecule has 1 aromatic heterocycles. The van der Waals surface area contributed by atoms with Gasteiger partial charge < -0.3 is 10.4 Å². The van der Waals surface area contributed by atoms with E-state index in [1.54, 1.807) is 6.08 Å². The molecule has 0 saturated carbocycles. The van der Waals surface area contributed by atoms with Crippen LogP contribution in [0.3, 0.4) is 0 Å². The Morgan fingerprint density at radius 3 is 2.93 bits per heavy atom. The molecule has 80 valence electrons. The third-order valence-electron chi connectivity index (χ3n) is 1.65. The van der Waals surface area contributed by atoms with Crippen LogP contribution in [0.25, 0.3) is 0 Å². The summed E-state index contributed by atoms with van der Waals surface area (Å²) < 4.78 is 0. The lowest BCUT2D eigenvalue weighted by molar-refractivity contribution is -0.116. The maximum absolute atomic E-state index is 11.2. The minimum atomic E-state index is -1.12. The molecule has 6 nitrogen and oxygen atoms in total. The number of aromatic nitrogens is 2. The van der Waals surface area contributed by atoms with Crippen molar-refractivity contribution in [3.05, 3.63) is 24.4 Å². The van der Waals surface area contributed by atoms with E-state index in [1.807, 2.05) is 0 Å². The van der Waals surface area contributed by atoms with Crippen molar-refractivity contribution in [2.24, 2.45) is 0 Å². The number of amides is 1. The van der Waals surface area contributed by atoms with Crippen molar-refractivity contribution in [1.82, 2.24) is 10.2 Å². The second-order valence-corrected chi connectivity index (χ2v) is 2.85. The second-order valence-electron chi connectivity index (χ2n) is 2.85. The van der Waals surface area contributed by atoms with Gasteiger partial charge in [0.05, 0.1) is 0 Å². The Balaban J connectivity index is 2.53. The van der Waals surface area contributed by atoms with Crippen molar-refractivity contribution in [3.8, 4) is 0 Å². The molecule has 1 amide bonds. The summed E-state index contributed by atoms with van der Waals surface area (Å²) in [4.78, 5) is 21.7. The average Bonchev–Trinajstić information content (AvgIpc) is 2.63. The van der Waals surface area contributed by atoms with Crippen LogP contribution in [0, 0.1) is 0 Å². The molecule has 0 bridgehead atoms. The Hall–Kier alpha value is -2.11. The van der Waals surface area contributed by atoms with Crippen LogP contribution in [0.2, 0.25) is 0 Å². The summed E-state index contributed by atoms with van der Waals surface area (Å²) in [5.74, 6) is -1.13. The lowest BCUT2D eigenvalue weighted by atomic mass is 10.3. The van der Waals surface area contributed by atoms with Gasteiger partial charge in [-0.2, -0.15) is 5.10 Å². The normalized spacial score (nSPS) is 9.60. The molecule has 0 atom stereocenters. The third-order valence-corrected chi connectivity index (χ3v) is 1.65. The highest BCUT2D eigenvalue weighted by atomic mass is 16.4. The number of carbonyl (C=O) groups excluding carboxylic acids is 1. The van der Waals surface area contributed by atoms with Crippen molar-refractivity contribution in [2.45, 2.75) is 12.8 Å². The zero-order valence-corrected chi connectivity index (χ0v) is 7.99. The quantitative estimate of drug-likeness (QED) is 0.630. The number of nitrogens with zero attached hydrogens (tertiary/aromatic N) is 1. The fourth-order valence-corrected chi connectivity index (χ4v) is 0.934. The van der Waals surface area contributed by atoms with Crippen LogP contribution >= 0.6 is 0 Å². The summed E-state index contributed by atoms with van der Waals surface area (Å²) in [5.41, 5.74) is -0.0611. The number of rotatable bonds is 5. The first-order valence-electron chi connectivity index (χ1n) is 4.33. The van der Waals surface area contributed by atoms with E-state index in [1.165, 1.54) is 6.07 Å². The molecule has 15 heavy (non-hydrogen) atoms. The first kappa shape index (κ1) is 11.0.